The van der Waals surface area contributed by atoms with Crippen molar-refractivity contribution >= 4 is 29.1 Å². The molecule has 3 rings (SSSR count). The average molecular weight is 454 g/mol. The zero-order valence-electron chi connectivity index (χ0n) is 19.2. The normalized spacial score (nSPS) is 16.7. The number of carbonyl (C=O) groups is 2. The Morgan fingerprint density at radius 3 is 2.50 bits per heavy atom. The second-order valence-corrected chi connectivity index (χ2v) is 9.04. The van der Waals surface area contributed by atoms with Gasteiger partial charge in [0, 0.05) is 6.54 Å². The van der Waals surface area contributed by atoms with Crippen molar-refractivity contribution < 1.29 is 14.7 Å². The van der Waals surface area contributed by atoms with Gasteiger partial charge in [0.15, 0.2) is 5.76 Å². The largest absolute Gasteiger partial charge is 0.503 e. The van der Waals surface area contributed by atoms with E-state index in [4.69, 9.17) is 0 Å². The minimum absolute atomic E-state index is 0.136. The lowest BCUT2D eigenvalue weighted by Gasteiger charge is -2.25. The number of carbonyl (C=O) groups excluding carboxylic acids is 2. The van der Waals surface area contributed by atoms with E-state index in [1.165, 1.54) is 11.3 Å². The Bertz CT molecular complexity index is 1020. The van der Waals surface area contributed by atoms with Crippen LogP contribution in [0.5, 0.6) is 0 Å². The molecule has 1 atom stereocenters. The molecule has 0 bridgehead atoms. The summed E-state index contributed by atoms with van der Waals surface area (Å²) in [6.45, 7) is 11.0. The highest BCUT2D eigenvalue weighted by molar-refractivity contribution is 7.14. The number of amides is 1. The highest BCUT2D eigenvalue weighted by atomic mass is 32.1. The van der Waals surface area contributed by atoms with E-state index in [-0.39, 0.29) is 11.4 Å². The summed E-state index contributed by atoms with van der Waals surface area (Å²) in [5.41, 5.74) is 1.72. The number of hydrogen-bond donors (Lipinski definition) is 1. The van der Waals surface area contributed by atoms with Crippen molar-refractivity contribution in [1.29, 1.82) is 0 Å². The highest BCUT2D eigenvalue weighted by Gasteiger charge is 2.42. The summed E-state index contributed by atoms with van der Waals surface area (Å²) in [5, 5.41) is 11.5. The van der Waals surface area contributed by atoms with Gasteiger partial charge in [0.1, 0.15) is 0 Å². The molecule has 6 nitrogen and oxygen atoms in total. The maximum Gasteiger partial charge on any atom is 0.289 e. The third-order valence-electron chi connectivity index (χ3n) is 5.74. The molecule has 1 aliphatic rings. The molecule has 1 aromatic heterocycles. The quantitative estimate of drug-likeness (QED) is 0.540. The van der Waals surface area contributed by atoms with Crippen molar-refractivity contribution in [2.24, 2.45) is 0 Å². The predicted molar refractivity (Wildman–Crippen MR) is 129 cm³/mol. The summed E-state index contributed by atoms with van der Waals surface area (Å²) in [6.07, 6.45) is 4.49. The Kier molecular flexibility index (Phi) is 7.99. The van der Waals surface area contributed by atoms with Crippen LogP contribution >= 0.6 is 11.3 Å². The molecule has 2 aromatic rings. The van der Waals surface area contributed by atoms with Gasteiger partial charge in [-0.25, -0.2) is 4.98 Å². The lowest BCUT2D eigenvalue weighted by atomic mass is 10.00. The summed E-state index contributed by atoms with van der Waals surface area (Å²) in [5.74, 6) is -1.27. The first kappa shape index (κ1) is 23.9. The minimum Gasteiger partial charge on any atom is -0.503 e. The Morgan fingerprint density at radius 1 is 1.22 bits per heavy atom. The van der Waals surface area contributed by atoms with Crippen LogP contribution in [0.25, 0.3) is 6.08 Å². The van der Waals surface area contributed by atoms with Crippen LogP contribution in [0, 0.1) is 13.8 Å². The molecule has 170 valence electrons. The van der Waals surface area contributed by atoms with Crippen LogP contribution in [-0.2, 0) is 4.79 Å². The fraction of sp³-hybridized carbons (Fsp3) is 0.400. The van der Waals surface area contributed by atoms with Crippen molar-refractivity contribution in [3.05, 3.63) is 68.9 Å². The van der Waals surface area contributed by atoms with Crippen LogP contribution < -0.4 is 0 Å². The lowest BCUT2D eigenvalue weighted by Crippen LogP contribution is -2.38. The standard InChI is InChI=1S/C25H31N3O3S/c1-5-27(6-2)15-10-16-28-20(14-13-19-11-8-7-9-12-19)21(23(30)25(28)31)22(29)24-17(3)26-18(4)32-24/h7-9,11-14,20,30H,5-6,10,15-16H2,1-4H3/b14-13+. The molecule has 0 radical (unpaired) electrons. The van der Waals surface area contributed by atoms with E-state index in [0.29, 0.717) is 17.1 Å². The Balaban J connectivity index is 1.92. The Morgan fingerprint density at radius 2 is 1.91 bits per heavy atom. The number of rotatable bonds is 10. The number of Topliss-reactive ketones (excluding diaryl/α,β-unsaturated/α-hetero) is 1. The van der Waals surface area contributed by atoms with Gasteiger partial charge in [-0.05, 0) is 45.5 Å². The summed E-state index contributed by atoms with van der Waals surface area (Å²) >= 11 is 1.29. The summed E-state index contributed by atoms with van der Waals surface area (Å²) in [6, 6.07) is 9.10. The topological polar surface area (TPSA) is 73.7 Å². The zero-order valence-corrected chi connectivity index (χ0v) is 20.0. The Hall–Kier alpha value is -2.77. The van der Waals surface area contributed by atoms with E-state index in [0.717, 1.165) is 36.6 Å². The smallest absolute Gasteiger partial charge is 0.289 e. The lowest BCUT2D eigenvalue weighted by molar-refractivity contribution is -0.128. The summed E-state index contributed by atoms with van der Waals surface area (Å²) in [4.78, 5) is 35.1. The monoisotopic (exact) mass is 453 g/mol. The highest BCUT2D eigenvalue weighted by Crippen LogP contribution is 2.32. The SMILES string of the molecule is CCN(CC)CCCN1C(=O)C(O)=C(C(=O)c2sc(C)nc2C)C1/C=C/c1ccccc1. The van der Waals surface area contributed by atoms with E-state index < -0.39 is 17.7 Å². The molecule has 1 unspecified atom stereocenters. The van der Waals surface area contributed by atoms with Crippen molar-refractivity contribution in [2.45, 2.75) is 40.2 Å². The fourth-order valence-electron chi connectivity index (χ4n) is 3.99. The first-order valence-corrected chi connectivity index (χ1v) is 11.9. The third kappa shape index (κ3) is 5.16. The molecular weight excluding hydrogens is 422 g/mol. The molecule has 1 N–H and O–H groups in total. The minimum atomic E-state index is -0.617. The molecule has 7 heteroatoms. The molecule has 1 aliphatic heterocycles. The number of nitrogens with zero attached hydrogens (tertiary/aromatic N) is 3. The second-order valence-electron chi connectivity index (χ2n) is 7.83. The van der Waals surface area contributed by atoms with Gasteiger partial charge in [-0.3, -0.25) is 9.59 Å². The van der Waals surface area contributed by atoms with Gasteiger partial charge < -0.3 is 14.9 Å². The number of aryl methyl sites for hydroxylation is 2. The van der Waals surface area contributed by atoms with Gasteiger partial charge in [-0.2, -0.15) is 0 Å². The molecule has 0 saturated carbocycles. The number of aliphatic hydroxyl groups is 1. The van der Waals surface area contributed by atoms with Crippen LogP contribution in [0.4, 0.5) is 0 Å². The summed E-state index contributed by atoms with van der Waals surface area (Å²) < 4.78 is 0. The van der Waals surface area contributed by atoms with Crippen LogP contribution in [0.2, 0.25) is 0 Å². The van der Waals surface area contributed by atoms with Crippen molar-refractivity contribution in [3.63, 3.8) is 0 Å². The van der Waals surface area contributed by atoms with Crippen LogP contribution in [-0.4, -0.2) is 63.8 Å². The molecule has 0 aliphatic carbocycles. The van der Waals surface area contributed by atoms with E-state index in [9.17, 15) is 14.7 Å². The molecule has 2 heterocycles. The first-order valence-electron chi connectivity index (χ1n) is 11.1. The van der Waals surface area contributed by atoms with E-state index in [2.05, 4.69) is 23.7 Å². The molecule has 0 spiro atoms. The molecule has 0 fully saturated rings. The van der Waals surface area contributed by atoms with Gasteiger partial charge in [0.05, 0.1) is 27.2 Å². The maximum atomic E-state index is 13.4. The summed E-state index contributed by atoms with van der Waals surface area (Å²) in [7, 11) is 0. The number of ketones is 1. The number of benzene rings is 1. The molecule has 1 amide bonds. The number of aromatic nitrogens is 1. The van der Waals surface area contributed by atoms with Crippen LogP contribution in [0.3, 0.4) is 0 Å². The maximum absolute atomic E-state index is 13.4. The van der Waals surface area contributed by atoms with E-state index >= 15 is 0 Å². The second kappa shape index (κ2) is 10.7. The van der Waals surface area contributed by atoms with Gasteiger partial charge in [0.2, 0.25) is 5.78 Å². The van der Waals surface area contributed by atoms with E-state index in [1.54, 1.807) is 11.8 Å². The number of aliphatic hydroxyl groups excluding tert-OH is 1. The molecule has 1 aromatic carbocycles. The van der Waals surface area contributed by atoms with E-state index in [1.807, 2.05) is 49.4 Å². The van der Waals surface area contributed by atoms with Crippen molar-refractivity contribution in [2.75, 3.05) is 26.2 Å². The van der Waals surface area contributed by atoms with Crippen LogP contribution in [0.1, 0.15) is 46.2 Å². The third-order valence-corrected chi connectivity index (χ3v) is 6.81. The fourth-order valence-corrected chi connectivity index (χ4v) is 4.87. The van der Waals surface area contributed by atoms with Gasteiger partial charge >= 0.3 is 0 Å². The number of thiazole rings is 1. The van der Waals surface area contributed by atoms with Gasteiger partial charge in [-0.1, -0.05) is 56.3 Å². The molecule has 0 saturated heterocycles. The predicted octanol–water partition coefficient (Wildman–Crippen LogP) is 4.41. The average Bonchev–Trinajstić information content (AvgIpc) is 3.25. The zero-order chi connectivity index (χ0) is 23.3. The Labute approximate surface area is 193 Å². The van der Waals surface area contributed by atoms with Gasteiger partial charge in [-0.15, -0.1) is 11.3 Å². The molecular formula is C25H31N3O3S. The number of hydrogen-bond acceptors (Lipinski definition) is 6. The van der Waals surface area contributed by atoms with Crippen molar-refractivity contribution in [3.8, 4) is 0 Å². The van der Waals surface area contributed by atoms with Gasteiger partial charge in [0.25, 0.3) is 5.91 Å². The van der Waals surface area contributed by atoms with Crippen LogP contribution in [0.15, 0.2) is 47.7 Å². The van der Waals surface area contributed by atoms with Crippen molar-refractivity contribution in [1.82, 2.24) is 14.8 Å². The molecule has 32 heavy (non-hydrogen) atoms. The first-order chi connectivity index (χ1) is 15.4.